The van der Waals surface area contributed by atoms with E-state index in [-0.39, 0.29) is 6.03 Å². The lowest BCUT2D eigenvalue weighted by atomic mass is 10.1. The molecule has 2 heterocycles. The number of nitrogens with zero attached hydrogens (tertiary/aromatic N) is 4. The highest BCUT2D eigenvalue weighted by Gasteiger charge is 2.21. The molecule has 6 nitrogen and oxygen atoms in total. The highest BCUT2D eigenvalue weighted by Crippen LogP contribution is 2.21. The number of rotatable bonds is 4. The Kier molecular flexibility index (Phi) is 6.28. The Morgan fingerprint density at radius 3 is 2.40 bits per heavy atom. The number of hydrogen-bond donors (Lipinski definition) is 1. The summed E-state index contributed by atoms with van der Waals surface area (Å²) in [7, 11) is 0. The second kappa shape index (κ2) is 9.26. The normalized spacial score (nSPS) is 14.5. The Hall–Kier alpha value is -2.93. The summed E-state index contributed by atoms with van der Waals surface area (Å²) in [4.78, 5) is 21.5. The van der Waals surface area contributed by atoms with Crippen molar-refractivity contribution in [1.29, 1.82) is 0 Å². The largest absolute Gasteiger partial charge is 0.345 e. The molecule has 1 aliphatic rings. The lowest BCUT2D eigenvalue weighted by Crippen LogP contribution is -2.38. The first-order chi connectivity index (χ1) is 14.6. The summed E-state index contributed by atoms with van der Waals surface area (Å²) >= 11 is 1.45. The Bertz CT molecular complexity index is 984. The molecule has 2 amide bonds. The molecule has 1 fully saturated rings. The van der Waals surface area contributed by atoms with Crippen LogP contribution < -0.4 is 10.2 Å². The molecule has 0 bridgehead atoms. The summed E-state index contributed by atoms with van der Waals surface area (Å²) in [5, 5.41) is 3.94. The van der Waals surface area contributed by atoms with Gasteiger partial charge in [-0.05, 0) is 38.0 Å². The highest BCUT2D eigenvalue weighted by molar-refractivity contribution is 7.09. The van der Waals surface area contributed by atoms with E-state index in [9.17, 15) is 4.79 Å². The number of benzene rings is 2. The topological polar surface area (TPSA) is 61.4 Å². The van der Waals surface area contributed by atoms with Gasteiger partial charge in [0.1, 0.15) is 5.82 Å². The average Bonchev–Trinajstić information content (AvgIpc) is 3.06. The lowest BCUT2D eigenvalue weighted by Gasteiger charge is -2.22. The smallest absolute Gasteiger partial charge is 0.321 e. The first-order valence-corrected chi connectivity index (χ1v) is 11.1. The first-order valence-electron chi connectivity index (χ1n) is 10.3. The van der Waals surface area contributed by atoms with Crippen molar-refractivity contribution in [1.82, 2.24) is 14.3 Å². The van der Waals surface area contributed by atoms with Gasteiger partial charge >= 0.3 is 6.03 Å². The standard InChI is InChI=1S/C23H27N5OS/c1-17-4-8-19(9-5-17)16-21-25-23(30-26-21)28-13-3-12-27(14-15-28)22(29)24-20-10-6-18(2)7-11-20/h4-11H,3,12-16H2,1-2H3,(H,24,29). The summed E-state index contributed by atoms with van der Waals surface area (Å²) < 4.78 is 4.55. The fraction of sp³-hybridized carbons (Fsp3) is 0.348. The SMILES string of the molecule is Cc1ccc(Cc2nsc(N3CCCN(C(=O)Nc4ccc(C)cc4)CC3)n2)cc1. The Balaban J connectivity index is 1.33. The molecule has 0 radical (unpaired) electrons. The van der Waals surface area contributed by atoms with Crippen LogP contribution in [0.3, 0.4) is 0 Å². The van der Waals surface area contributed by atoms with Crippen molar-refractivity contribution in [2.45, 2.75) is 26.7 Å². The molecule has 3 aromatic rings. The van der Waals surface area contributed by atoms with Crippen LogP contribution in [0.25, 0.3) is 0 Å². The molecule has 1 aromatic heterocycles. The fourth-order valence-corrected chi connectivity index (χ4v) is 4.22. The van der Waals surface area contributed by atoms with Crippen molar-refractivity contribution >= 4 is 28.4 Å². The predicted octanol–water partition coefficient (Wildman–Crippen LogP) is 4.49. The molecule has 0 unspecified atom stereocenters. The maximum absolute atomic E-state index is 12.7. The quantitative estimate of drug-likeness (QED) is 0.674. The van der Waals surface area contributed by atoms with Gasteiger partial charge in [0.25, 0.3) is 0 Å². The molecule has 0 aliphatic carbocycles. The van der Waals surface area contributed by atoms with Gasteiger partial charge in [-0.2, -0.15) is 4.37 Å². The Morgan fingerprint density at radius 1 is 0.967 bits per heavy atom. The Labute approximate surface area is 181 Å². The minimum atomic E-state index is -0.0435. The maximum atomic E-state index is 12.7. The predicted molar refractivity (Wildman–Crippen MR) is 122 cm³/mol. The molecule has 30 heavy (non-hydrogen) atoms. The van der Waals surface area contributed by atoms with E-state index in [0.717, 1.165) is 49.1 Å². The van der Waals surface area contributed by atoms with Crippen LogP contribution in [-0.4, -0.2) is 46.5 Å². The van der Waals surface area contributed by atoms with Crippen LogP contribution in [0.15, 0.2) is 48.5 Å². The van der Waals surface area contributed by atoms with Crippen LogP contribution in [0.5, 0.6) is 0 Å². The third-order valence-corrected chi connectivity index (χ3v) is 6.11. The minimum Gasteiger partial charge on any atom is -0.345 e. The van der Waals surface area contributed by atoms with Crippen LogP contribution in [0.1, 0.15) is 28.9 Å². The van der Waals surface area contributed by atoms with Crippen molar-refractivity contribution < 1.29 is 4.79 Å². The molecular weight excluding hydrogens is 394 g/mol. The van der Waals surface area contributed by atoms with E-state index in [4.69, 9.17) is 4.98 Å². The summed E-state index contributed by atoms with van der Waals surface area (Å²) in [5.41, 5.74) is 4.49. The van der Waals surface area contributed by atoms with E-state index in [1.54, 1.807) is 0 Å². The molecule has 0 spiro atoms. The monoisotopic (exact) mass is 421 g/mol. The number of aromatic nitrogens is 2. The first kappa shape index (κ1) is 20.3. The number of amides is 2. The third kappa shape index (κ3) is 5.16. The average molecular weight is 422 g/mol. The van der Waals surface area contributed by atoms with Gasteiger partial charge in [-0.3, -0.25) is 0 Å². The van der Waals surface area contributed by atoms with Gasteiger partial charge in [0.2, 0.25) is 5.13 Å². The number of carbonyl (C=O) groups excluding carboxylic acids is 1. The van der Waals surface area contributed by atoms with E-state index in [0.29, 0.717) is 6.54 Å². The van der Waals surface area contributed by atoms with Gasteiger partial charge in [0.15, 0.2) is 0 Å². The van der Waals surface area contributed by atoms with Gasteiger partial charge < -0.3 is 15.1 Å². The third-order valence-electron chi connectivity index (χ3n) is 5.30. The number of hydrogen-bond acceptors (Lipinski definition) is 5. The molecule has 1 N–H and O–H groups in total. The second-order valence-corrected chi connectivity index (χ2v) is 8.51. The summed E-state index contributed by atoms with van der Waals surface area (Å²) in [6.07, 6.45) is 1.66. The van der Waals surface area contributed by atoms with Gasteiger partial charge in [-0.1, -0.05) is 47.5 Å². The van der Waals surface area contributed by atoms with Crippen LogP contribution >= 0.6 is 11.5 Å². The Morgan fingerprint density at radius 2 is 1.67 bits per heavy atom. The van der Waals surface area contributed by atoms with Crippen molar-refractivity contribution in [3.05, 3.63) is 71.0 Å². The van der Waals surface area contributed by atoms with Gasteiger partial charge in [0.05, 0.1) is 0 Å². The van der Waals surface area contributed by atoms with E-state index >= 15 is 0 Å². The zero-order valence-electron chi connectivity index (χ0n) is 17.5. The molecule has 1 aliphatic heterocycles. The molecular formula is C23H27N5OS. The summed E-state index contributed by atoms with van der Waals surface area (Å²) in [6, 6.07) is 16.3. The molecule has 156 valence electrons. The molecule has 4 rings (SSSR count). The summed E-state index contributed by atoms with van der Waals surface area (Å²) in [5.74, 6) is 0.858. The highest BCUT2D eigenvalue weighted by atomic mass is 32.1. The van der Waals surface area contributed by atoms with Crippen molar-refractivity contribution in [2.75, 3.05) is 36.4 Å². The van der Waals surface area contributed by atoms with Crippen molar-refractivity contribution in [3.8, 4) is 0 Å². The van der Waals surface area contributed by atoms with Gasteiger partial charge in [-0.25, -0.2) is 9.78 Å². The van der Waals surface area contributed by atoms with Crippen molar-refractivity contribution in [2.24, 2.45) is 0 Å². The number of carbonyl (C=O) groups is 1. The number of anilines is 2. The fourth-order valence-electron chi connectivity index (χ4n) is 3.48. The molecule has 7 heteroatoms. The molecule has 0 atom stereocenters. The maximum Gasteiger partial charge on any atom is 0.321 e. The van der Waals surface area contributed by atoms with Crippen LogP contribution in [0, 0.1) is 13.8 Å². The van der Waals surface area contributed by atoms with Crippen LogP contribution in [0.4, 0.5) is 15.6 Å². The second-order valence-electron chi connectivity index (χ2n) is 7.78. The van der Waals surface area contributed by atoms with Crippen LogP contribution in [-0.2, 0) is 6.42 Å². The summed E-state index contributed by atoms with van der Waals surface area (Å²) in [6.45, 7) is 7.18. The molecule has 1 saturated heterocycles. The van der Waals surface area contributed by atoms with E-state index in [2.05, 4.69) is 45.8 Å². The number of aryl methyl sites for hydroxylation is 2. The molecule has 2 aromatic carbocycles. The number of urea groups is 1. The zero-order valence-corrected chi connectivity index (χ0v) is 18.3. The van der Waals surface area contributed by atoms with Gasteiger partial charge in [-0.15, -0.1) is 0 Å². The lowest BCUT2D eigenvalue weighted by molar-refractivity contribution is 0.215. The van der Waals surface area contributed by atoms with Gasteiger partial charge in [0, 0.05) is 49.8 Å². The van der Waals surface area contributed by atoms with E-state index < -0.39 is 0 Å². The van der Waals surface area contributed by atoms with Crippen LogP contribution in [0.2, 0.25) is 0 Å². The van der Waals surface area contributed by atoms with Crippen molar-refractivity contribution in [3.63, 3.8) is 0 Å². The zero-order chi connectivity index (χ0) is 20.9. The number of nitrogens with one attached hydrogen (secondary N) is 1. The van der Waals surface area contributed by atoms with E-state index in [1.807, 2.05) is 36.1 Å². The van der Waals surface area contributed by atoms with E-state index in [1.165, 1.54) is 28.2 Å². The minimum absolute atomic E-state index is 0.0435. The molecule has 0 saturated carbocycles.